The number of anilines is 2. The summed E-state index contributed by atoms with van der Waals surface area (Å²) in [4.78, 5) is 30.3. The molecule has 5 aromatic rings. The first-order valence-electron chi connectivity index (χ1n) is 16.8. The fourth-order valence-electron chi connectivity index (χ4n) is 6.34. The monoisotopic (exact) mass is 700 g/mol. The van der Waals surface area contributed by atoms with Gasteiger partial charge in [-0.25, -0.2) is 9.78 Å². The van der Waals surface area contributed by atoms with Crippen molar-refractivity contribution < 1.29 is 30.0 Å². The number of urea groups is 1. The van der Waals surface area contributed by atoms with E-state index in [9.17, 15) is 25.2 Å². The number of aliphatic hydroxyl groups is 3. The van der Waals surface area contributed by atoms with Crippen molar-refractivity contribution in [3.8, 4) is 5.75 Å². The van der Waals surface area contributed by atoms with E-state index in [-0.39, 0.29) is 36.8 Å². The van der Waals surface area contributed by atoms with Gasteiger partial charge in [-0.1, -0.05) is 42.5 Å². The fourth-order valence-corrected chi connectivity index (χ4v) is 6.34. The molecule has 0 aliphatic carbocycles. The van der Waals surface area contributed by atoms with E-state index in [0.29, 0.717) is 55.4 Å². The highest BCUT2D eigenvalue weighted by atomic mass is 16.6. The van der Waals surface area contributed by atoms with E-state index in [4.69, 9.17) is 14.7 Å². The van der Waals surface area contributed by atoms with Gasteiger partial charge in [0.2, 0.25) is 11.8 Å². The number of tetrazole rings is 1. The minimum Gasteiger partial charge on any atom is -0.508 e. The number of fused-ring (bicyclic) bond motifs is 1. The van der Waals surface area contributed by atoms with Gasteiger partial charge in [0.25, 0.3) is 0 Å². The topological polar surface area (TPSA) is 234 Å². The Morgan fingerprint density at radius 3 is 2.67 bits per heavy atom. The molecule has 2 fully saturated rings. The molecule has 7 N–H and O–H groups in total. The molecule has 0 bridgehead atoms. The smallest absolute Gasteiger partial charge is 0.315 e. The van der Waals surface area contributed by atoms with E-state index >= 15 is 0 Å². The van der Waals surface area contributed by atoms with Crippen LogP contribution in [0.3, 0.4) is 0 Å². The van der Waals surface area contributed by atoms with Crippen molar-refractivity contribution in [3.63, 3.8) is 0 Å². The quantitative estimate of drug-likeness (QED) is 0.0946. The van der Waals surface area contributed by atoms with Gasteiger partial charge in [0, 0.05) is 25.7 Å². The molecule has 2 saturated heterocycles. The van der Waals surface area contributed by atoms with Crippen LogP contribution in [-0.2, 0) is 24.2 Å². The third-order valence-electron chi connectivity index (χ3n) is 8.98. The molecule has 268 valence electrons. The SMILES string of the molecule is CCn1nnc([C@H]2O[C@@H](n3cnc4c(N[C@H](CO)Cc5ccccc5)nc(N5CC[C@@H](NC(=O)NCc6cccc(O)c6)C5)nc43)[C@@H](O)[C@@H]2O)n1. The van der Waals surface area contributed by atoms with Gasteiger partial charge in [0.1, 0.15) is 18.0 Å². The highest BCUT2D eigenvalue weighted by Crippen LogP contribution is 2.39. The number of aryl methyl sites for hydroxylation is 1. The van der Waals surface area contributed by atoms with Gasteiger partial charge < -0.3 is 46.0 Å². The predicted octanol–water partition coefficient (Wildman–Crippen LogP) is 0.624. The molecule has 18 nitrogen and oxygen atoms in total. The Morgan fingerprint density at radius 1 is 1.08 bits per heavy atom. The Morgan fingerprint density at radius 2 is 1.90 bits per heavy atom. The summed E-state index contributed by atoms with van der Waals surface area (Å²) >= 11 is 0. The maximum Gasteiger partial charge on any atom is 0.315 e. The number of phenols is 1. The number of aromatic nitrogens is 8. The molecular weight excluding hydrogens is 660 g/mol. The van der Waals surface area contributed by atoms with Crippen LogP contribution in [0.2, 0.25) is 0 Å². The van der Waals surface area contributed by atoms with Gasteiger partial charge in [-0.2, -0.15) is 14.8 Å². The maximum absolute atomic E-state index is 12.7. The van der Waals surface area contributed by atoms with Gasteiger partial charge in [-0.3, -0.25) is 4.57 Å². The van der Waals surface area contributed by atoms with Crippen LogP contribution < -0.4 is 20.9 Å². The fraction of sp³-hybridized carbons (Fsp3) is 0.424. The molecule has 5 heterocycles. The molecule has 0 radical (unpaired) electrons. The summed E-state index contributed by atoms with van der Waals surface area (Å²) in [5, 5.41) is 63.6. The van der Waals surface area contributed by atoms with Gasteiger partial charge >= 0.3 is 6.03 Å². The van der Waals surface area contributed by atoms with Gasteiger partial charge in [-0.15, -0.1) is 10.2 Å². The lowest BCUT2D eigenvalue weighted by molar-refractivity contribution is -0.0384. The second-order valence-corrected chi connectivity index (χ2v) is 12.6. The summed E-state index contributed by atoms with van der Waals surface area (Å²) < 4.78 is 7.67. The third kappa shape index (κ3) is 7.39. The van der Waals surface area contributed by atoms with Crippen molar-refractivity contribution in [1.29, 1.82) is 0 Å². The summed E-state index contributed by atoms with van der Waals surface area (Å²) in [6, 6.07) is 15.5. The molecule has 6 atom stereocenters. The average Bonchev–Trinajstić information content (AvgIpc) is 3.95. The van der Waals surface area contributed by atoms with E-state index < -0.39 is 30.6 Å². The largest absolute Gasteiger partial charge is 0.508 e. The lowest BCUT2D eigenvalue weighted by atomic mass is 10.1. The molecule has 7 rings (SSSR count). The molecule has 0 unspecified atom stereocenters. The Hall–Kier alpha value is -5.43. The Bertz CT molecular complexity index is 1960. The third-order valence-corrected chi connectivity index (χ3v) is 8.98. The zero-order valence-electron chi connectivity index (χ0n) is 27.8. The molecule has 0 spiro atoms. The van der Waals surface area contributed by atoms with Crippen LogP contribution in [0, 0.1) is 0 Å². The number of carbonyl (C=O) groups excluding carboxylic acids is 1. The number of benzene rings is 2. The van der Waals surface area contributed by atoms with Crippen molar-refractivity contribution in [2.75, 3.05) is 29.9 Å². The molecule has 2 aliphatic rings. The molecule has 0 saturated carbocycles. The lowest BCUT2D eigenvalue weighted by Crippen LogP contribution is -2.43. The number of rotatable bonds is 12. The van der Waals surface area contributed by atoms with E-state index in [1.54, 1.807) is 18.2 Å². The molecule has 51 heavy (non-hydrogen) atoms. The first kappa shape index (κ1) is 34.0. The maximum atomic E-state index is 12.7. The van der Waals surface area contributed by atoms with Crippen LogP contribution in [0.4, 0.5) is 16.6 Å². The van der Waals surface area contributed by atoms with Crippen LogP contribution >= 0.6 is 0 Å². The number of aromatic hydroxyl groups is 1. The van der Waals surface area contributed by atoms with Crippen molar-refractivity contribution in [2.45, 2.75) is 69.5 Å². The summed E-state index contributed by atoms with van der Waals surface area (Å²) in [5.74, 6) is 0.967. The van der Waals surface area contributed by atoms with Crippen LogP contribution in [-0.4, -0.2) is 110 Å². The summed E-state index contributed by atoms with van der Waals surface area (Å²) in [6.45, 7) is 3.33. The molecule has 3 aromatic heterocycles. The number of ether oxygens (including phenoxy) is 1. The second kappa shape index (κ2) is 14.8. The van der Waals surface area contributed by atoms with E-state index in [1.807, 2.05) is 48.2 Å². The van der Waals surface area contributed by atoms with Gasteiger partial charge in [-0.05, 0) is 48.2 Å². The Labute approximate surface area is 292 Å². The number of aliphatic hydroxyl groups excluding tert-OH is 3. The standard InChI is InChI=1S/C33H40N12O6/c1-2-45-41-29(40-42-45)27-25(48)26(49)31(51-27)44-18-35-24-28(36-22(17-46)13-19-7-4-3-5-8-19)38-32(39-30(24)44)43-12-11-21(16-43)37-33(50)34-15-20-9-6-10-23(47)14-20/h3-10,14,18,21-22,25-27,31,46-49H,2,11-13,15-17H2,1H3,(H2,34,37,50)(H,36,38,39)/t21-,22+,25+,26+,27+,31-/m1/s1. The van der Waals surface area contributed by atoms with Crippen molar-refractivity contribution in [2.24, 2.45) is 0 Å². The molecule has 18 heteroatoms. The number of hydrogen-bond donors (Lipinski definition) is 7. The molecule has 2 aromatic carbocycles. The lowest BCUT2D eigenvalue weighted by Gasteiger charge is -2.22. The highest BCUT2D eigenvalue weighted by Gasteiger charge is 2.47. The number of imidazole rings is 1. The van der Waals surface area contributed by atoms with E-state index in [0.717, 1.165) is 11.1 Å². The van der Waals surface area contributed by atoms with Crippen molar-refractivity contribution in [1.82, 2.24) is 50.4 Å². The summed E-state index contributed by atoms with van der Waals surface area (Å²) in [7, 11) is 0. The summed E-state index contributed by atoms with van der Waals surface area (Å²) in [6.07, 6.45) is -2.27. The van der Waals surface area contributed by atoms with Crippen molar-refractivity contribution in [3.05, 3.63) is 77.9 Å². The molecule has 2 aliphatic heterocycles. The number of amides is 2. The van der Waals surface area contributed by atoms with Gasteiger partial charge in [0.15, 0.2) is 29.3 Å². The highest BCUT2D eigenvalue weighted by molar-refractivity contribution is 5.84. The van der Waals surface area contributed by atoms with Crippen LogP contribution in [0.15, 0.2) is 60.9 Å². The van der Waals surface area contributed by atoms with Crippen LogP contribution in [0.5, 0.6) is 5.75 Å². The second-order valence-electron chi connectivity index (χ2n) is 12.6. The van der Waals surface area contributed by atoms with E-state index in [2.05, 4.69) is 36.3 Å². The minimum absolute atomic E-state index is 0.127. The van der Waals surface area contributed by atoms with Crippen molar-refractivity contribution >= 4 is 29.0 Å². The van der Waals surface area contributed by atoms with Crippen LogP contribution in [0.1, 0.15) is 42.6 Å². The number of hydrogen-bond acceptors (Lipinski definition) is 14. The Balaban J connectivity index is 1.14. The van der Waals surface area contributed by atoms with Gasteiger partial charge in [0.05, 0.1) is 25.5 Å². The number of carbonyl (C=O) groups is 1. The predicted molar refractivity (Wildman–Crippen MR) is 182 cm³/mol. The first-order chi connectivity index (χ1) is 24.8. The average molecular weight is 701 g/mol. The molecule has 2 amide bonds. The van der Waals surface area contributed by atoms with Crippen LogP contribution in [0.25, 0.3) is 11.2 Å². The summed E-state index contributed by atoms with van der Waals surface area (Å²) in [5.41, 5.74) is 2.48. The molecular formula is C33H40N12O6. The minimum atomic E-state index is -1.38. The number of nitrogens with one attached hydrogen (secondary N) is 3. The Kier molecular flexibility index (Phi) is 9.89. The zero-order chi connectivity index (χ0) is 35.5. The van der Waals surface area contributed by atoms with E-state index in [1.165, 1.54) is 15.7 Å². The normalized spacial score (nSPS) is 22.4. The first-order valence-corrected chi connectivity index (χ1v) is 16.8. The number of nitrogens with zero attached hydrogens (tertiary/aromatic N) is 9. The zero-order valence-corrected chi connectivity index (χ0v) is 27.8. The number of phenolic OH excluding ortho intramolecular Hbond substituents is 1.